The molecule has 1 rings (SSSR count). The molecule has 0 spiro atoms. The molecule has 0 N–H and O–H groups in total. The van der Waals surface area contributed by atoms with Crippen LogP contribution in [0.3, 0.4) is 0 Å². The third-order valence-electron chi connectivity index (χ3n) is 4.67. The summed E-state index contributed by atoms with van der Waals surface area (Å²) < 4.78 is 0. The van der Waals surface area contributed by atoms with Crippen molar-refractivity contribution in [2.75, 3.05) is 19.6 Å². The van der Waals surface area contributed by atoms with Gasteiger partial charge in [0.15, 0.2) is 0 Å². The van der Waals surface area contributed by atoms with Crippen molar-refractivity contribution in [2.45, 2.75) is 64.2 Å². The molecule has 0 amide bonds. The third kappa shape index (κ3) is 4.97. The monoisotopic (exact) mass is 253 g/mol. The van der Waals surface area contributed by atoms with Crippen LogP contribution in [0.15, 0.2) is 12.2 Å². The Labute approximate surface area is 109 Å². The minimum Gasteiger partial charge on any atom is -0.303 e. The van der Waals surface area contributed by atoms with Gasteiger partial charge in [-0.25, -0.2) is 0 Å². The normalized spacial score (nSPS) is 18.3. The Balaban J connectivity index is 2.31. The SMILES string of the molecule is CC=CC[Si](CC)(CC)CCCN1CCCC1. The second-order valence-corrected chi connectivity index (χ2v) is 11.0. The van der Waals surface area contributed by atoms with E-state index in [1.807, 2.05) is 0 Å². The molecule has 1 nitrogen and oxygen atoms in total. The zero-order chi connectivity index (χ0) is 12.6. The Kier molecular flexibility index (Phi) is 7.13. The summed E-state index contributed by atoms with van der Waals surface area (Å²) in [5, 5.41) is 0. The number of hydrogen-bond acceptors (Lipinski definition) is 1. The molecular weight excluding hydrogens is 222 g/mol. The van der Waals surface area contributed by atoms with Crippen molar-refractivity contribution < 1.29 is 0 Å². The van der Waals surface area contributed by atoms with Gasteiger partial charge in [-0.1, -0.05) is 44.1 Å². The van der Waals surface area contributed by atoms with E-state index in [0.717, 1.165) is 0 Å². The Bertz CT molecular complexity index is 215. The lowest BCUT2D eigenvalue weighted by atomic mass is 10.4. The summed E-state index contributed by atoms with van der Waals surface area (Å²) in [6.45, 7) is 11.1. The van der Waals surface area contributed by atoms with E-state index in [-0.39, 0.29) is 0 Å². The van der Waals surface area contributed by atoms with Crippen molar-refractivity contribution in [1.82, 2.24) is 4.90 Å². The van der Waals surface area contributed by atoms with Crippen molar-refractivity contribution in [3.8, 4) is 0 Å². The molecule has 1 heterocycles. The summed E-state index contributed by atoms with van der Waals surface area (Å²) in [4.78, 5) is 2.67. The molecule has 0 aromatic heterocycles. The first-order chi connectivity index (χ1) is 8.26. The van der Waals surface area contributed by atoms with Gasteiger partial charge in [-0.3, -0.25) is 0 Å². The molecule has 0 atom stereocenters. The number of likely N-dealkylation sites (tertiary alicyclic amines) is 1. The van der Waals surface area contributed by atoms with Gasteiger partial charge in [-0.05, 0) is 51.9 Å². The second-order valence-electron chi connectivity index (χ2n) is 5.63. The van der Waals surface area contributed by atoms with E-state index in [9.17, 15) is 0 Å². The predicted octanol–water partition coefficient (Wildman–Crippen LogP) is 4.54. The molecule has 0 bridgehead atoms. The number of hydrogen-bond donors (Lipinski definition) is 0. The fourth-order valence-electron chi connectivity index (χ4n) is 3.05. The van der Waals surface area contributed by atoms with Gasteiger partial charge in [0.1, 0.15) is 0 Å². The van der Waals surface area contributed by atoms with E-state index >= 15 is 0 Å². The smallest absolute Gasteiger partial charge is 0.0568 e. The highest BCUT2D eigenvalue weighted by atomic mass is 28.3. The fourth-order valence-corrected chi connectivity index (χ4v) is 6.68. The van der Waals surface area contributed by atoms with Gasteiger partial charge in [0, 0.05) is 0 Å². The molecule has 0 radical (unpaired) electrons. The van der Waals surface area contributed by atoms with E-state index < -0.39 is 8.07 Å². The lowest BCUT2D eigenvalue weighted by molar-refractivity contribution is 0.339. The van der Waals surface area contributed by atoms with Crippen LogP contribution in [0, 0.1) is 0 Å². The lowest BCUT2D eigenvalue weighted by Gasteiger charge is -2.29. The molecule has 100 valence electrons. The molecule has 17 heavy (non-hydrogen) atoms. The van der Waals surface area contributed by atoms with Crippen LogP contribution in [0.1, 0.15) is 40.0 Å². The molecule has 2 heteroatoms. The summed E-state index contributed by atoms with van der Waals surface area (Å²) >= 11 is 0. The molecule has 1 fully saturated rings. The highest BCUT2D eigenvalue weighted by Gasteiger charge is 2.27. The first-order valence-electron chi connectivity index (χ1n) is 7.60. The van der Waals surface area contributed by atoms with Gasteiger partial charge >= 0.3 is 0 Å². The molecule has 0 aliphatic carbocycles. The summed E-state index contributed by atoms with van der Waals surface area (Å²) in [6.07, 6.45) is 8.99. The number of rotatable bonds is 8. The van der Waals surface area contributed by atoms with Crippen molar-refractivity contribution in [2.24, 2.45) is 0 Å². The molecular formula is C15H31NSi. The van der Waals surface area contributed by atoms with Crippen LogP contribution in [-0.2, 0) is 0 Å². The number of nitrogens with zero attached hydrogens (tertiary/aromatic N) is 1. The Hall–Kier alpha value is -0.0831. The third-order valence-corrected chi connectivity index (χ3v) is 10.2. The van der Waals surface area contributed by atoms with Crippen molar-refractivity contribution >= 4 is 8.07 Å². The second kappa shape index (κ2) is 8.10. The van der Waals surface area contributed by atoms with Gasteiger partial charge < -0.3 is 4.90 Å². The first-order valence-corrected chi connectivity index (χ1v) is 10.4. The van der Waals surface area contributed by atoms with Gasteiger partial charge in [0.25, 0.3) is 0 Å². The maximum atomic E-state index is 2.67. The van der Waals surface area contributed by atoms with E-state index in [4.69, 9.17) is 0 Å². The van der Waals surface area contributed by atoms with Crippen molar-refractivity contribution in [3.63, 3.8) is 0 Å². The van der Waals surface area contributed by atoms with Crippen LogP contribution in [0.4, 0.5) is 0 Å². The van der Waals surface area contributed by atoms with Crippen LogP contribution < -0.4 is 0 Å². The van der Waals surface area contributed by atoms with E-state index in [0.29, 0.717) is 0 Å². The van der Waals surface area contributed by atoms with Gasteiger partial charge in [-0.2, -0.15) is 0 Å². The van der Waals surface area contributed by atoms with Gasteiger partial charge in [-0.15, -0.1) is 0 Å². The minimum atomic E-state index is -0.950. The van der Waals surface area contributed by atoms with Crippen LogP contribution in [0.5, 0.6) is 0 Å². The highest BCUT2D eigenvalue weighted by Crippen LogP contribution is 2.27. The standard InChI is InChI=1S/C15H31NSi/c1-4-7-14-17(5-2,6-3)15-10-13-16-11-8-9-12-16/h4,7H,5-6,8-15H2,1-3H3. The molecule has 1 saturated heterocycles. The van der Waals surface area contributed by atoms with Crippen molar-refractivity contribution in [1.29, 1.82) is 0 Å². The van der Waals surface area contributed by atoms with Crippen LogP contribution in [0.2, 0.25) is 24.2 Å². The Morgan fingerprint density at radius 2 is 1.76 bits per heavy atom. The van der Waals surface area contributed by atoms with Crippen LogP contribution in [0.25, 0.3) is 0 Å². The zero-order valence-corrected chi connectivity index (χ0v) is 13.2. The van der Waals surface area contributed by atoms with Crippen LogP contribution in [-0.4, -0.2) is 32.6 Å². The summed E-state index contributed by atoms with van der Waals surface area (Å²) in [6, 6.07) is 5.89. The van der Waals surface area contributed by atoms with E-state index in [2.05, 4.69) is 37.8 Å². The lowest BCUT2D eigenvalue weighted by Crippen LogP contribution is -2.33. The summed E-state index contributed by atoms with van der Waals surface area (Å²) in [7, 11) is -0.950. The Morgan fingerprint density at radius 1 is 1.12 bits per heavy atom. The maximum Gasteiger partial charge on any atom is 0.0568 e. The molecule has 1 aliphatic rings. The molecule has 0 aromatic carbocycles. The molecule has 1 aliphatic heterocycles. The van der Waals surface area contributed by atoms with E-state index in [1.165, 1.54) is 57.0 Å². The van der Waals surface area contributed by atoms with Gasteiger partial charge in [0.2, 0.25) is 0 Å². The van der Waals surface area contributed by atoms with Crippen molar-refractivity contribution in [3.05, 3.63) is 12.2 Å². The van der Waals surface area contributed by atoms with Gasteiger partial charge in [0.05, 0.1) is 8.07 Å². The topological polar surface area (TPSA) is 3.24 Å². The largest absolute Gasteiger partial charge is 0.303 e. The zero-order valence-electron chi connectivity index (χ0n) is 12.2. The average molecular weight is 254 g/mol. The quantitative estimate of drug-likeness (QED) is 0.453. The highest BCUT2D eigenvalue weighted by molar-refractivity contribution is 6.80. The van der Waals surface area contributed by atoms with E-state index in [1.54, 1.807) is 6.04 Å². The average Bonchev–Trinajstić information content (AvgIpc) is 2.87. The molecule has 0 aromatic rings. The number of allylic oxidation sites excluding steroid dienone is 2. The minimum absolute atomic E-state index is 0.950. The molecule has 0 saturated carbocycles. The Morgan fingerprint density at radius 3 is 2.29 bits per heavy atom. The molecule has 0 unspecified atom stereocenters. The maximum absolute atomic E-state index is 2.67. The summed E-state index contributed by atoms with van der Waals surface area (Å²) in [5.74, 6) is 0. The van der Waals surface area contributed by atoms with Crippen LogP contribution >= 0.6 is 0 Å². The summed E-state index contributed by atoms with van der Waals surface area (Å²) in [5.41, 5.74) is 0. The first kappa shape index (κ1) is 15.0. The fraction of sp³-hybridized carbons (Fsp3) is 0.867. The predicted molar refractivity (Wildman–Crippen MR) is 81.4 cm³/mol.